The van der Waals surface area contributed by atoms with Crippen LogP contribution in [0.1, 0.15) is 11.1 Å². The predicted octanol–water partition coefficient (Wildman–Crippen LogP) is 1.63. The molecule has 1 heterocycles. The summed E-state index contributed by atoms with van der Waals surface area (Å²) in [5, 5.41) is 12.4. The zero-order chi connectivity index (χ0) is 13.0. The fourth-order valence-electron chi connectivity index (χ4n) is 2.05. The average molecular weight is 246 g/mol. The average Bonchev–Trinajstić information content (AvgIpc) is 2.33. The smallest absolute Gasteiger partial charge is 0.121 e. The molecular weight excluding hydrogens is 228 g/mol. The van der Waals surface area contributed by atoms with Gasteiger partial charge in [0.05, 0.1) is 26.4 Å². The lowest BCUT2D eigenvalue weighted by Gasteiger charge is -2.35. The van der Waals surface area contributed by atoms with Gasteiger partial charge in [0.1, 0.15) is 11.2 Å². The van der Waals surface area contributed by atoms with Gasteiger partial charge < -0.3 is 14.8 Å². The van der Waals surface area contributed by atoms with Gasteiger partial charge in [-0.25, -0.2) is 0 Å². The molecule has 4 nitrogen and oxygen atoms in total. The molecule has 1 aliphatic heterocycles. The molecule has 18 heavy (non-hydrogen) atoms. The van der Waals surface area contributed by atoms with Gasteiger partial charge in [0.2, 0.25) is 0 Å². The van der Waals surface area contributed by atoms with Crippen molar-refractivity contribution in [1.82, 2.24) is 5.32 Å². The highest BCUT2D eigenvalue weighted by molar-refractivity contribution is 5.36. The molecule has 0 aromatic heterocycles. The second-order valence-corrected chi connectivity index (χ2v) is 4.79. The van der Waals surface area contributed by atoms with Crippen LogP contribution >= 0.6 is 0 Å². The maximum absolute atomic E-state index is 9.06. The molecule has 0 atom stereocenters. The van der Waals surface area contributed by atoms with Gasteiger partial charge in [-0.05, 0) is 24.1 Å². The van der Waals surface area contributed by atoms with Crippen LogP contribution in [0, 0.1) is 23.7 Å². The summed E-state index contributed by atoms with van der Waals surface area (Å²) in [6.07, 6.45) is 0. The first-order valence-corrected chi connectivity index (χ1v) is 6.02. The van der Waals surface area contributed by atoms with Crippen molar-refractivity contribution in [3.63, 3.8) is 0 Å². The van der Waals surface area contributed by atoms with E-state index in [0.717, 1.165) is 17.9 Å². The van der Waals surface area contributed by atoms with Crippen molar-refractivity contribution in [2.75, 3.05) is 26.9 Å². The fraction of sp³-hybridized carbons (Fsp3) is 0.500. The van der Waals surface area contributed by atoms with Crippen LogP contribution in [0.2, 0.25) is 0 Å². The van der Waals surface area contributed by atoms with Crippen molar-refractivity contribution >= 4 is 0 Å². The second-order valence-electron chi connectivity index (χ2n) is 4.79. The van der Waals surface area contributed by atoms with Crippen LogP contribution in [-0.2, 0) is 11.3 Å². The van der Waals surface area contributed by atoms with Crippen LogP contribution in [0.5, 0.6) is 5.75 Å². The number of nitrogens with zero attached hydrogens (tertiary/aromatic N) is 1. The zero-order valence-corrected chi connectivity index (χ0v) is 10.8. The molecule has 1 aliphatic rings. The van der Waals surface area contributed by atoms with Crippen LogP contribution in [-0.4, -0.2) is 26.9 Å². The zero-order valence-electron chi connectivity index (χ0n) is 10.8. The standard InChI is InChI=1S/C14H18N2O2/c1-11-5-12(3-4-13(11)17-2)6-16-8-14(7-15)9-18-10-14/h3-5,16H,6,8-10H2,1-2H3. The molecule has 1 N–H and O–H groups in total. The first-order chi connectivity index (χ1) is 8.69. The van der Waals surface area contributed by atoms with Gasteiger partial charge in [-0.2, -0.15) is 5.26 Å². The Balaban J connectivity index is 1.87. The largest absolute Gasteiger partial charge is 0.496 e. The number of hydrogen-bond donors (Lipinski definition) is 1. The van der Waals surface area contributed by atoms with E-state index >= 15 is 0 Å². The Labute approximate surface area is 108 Å². The van der Waals surface area contributed by atoms with Gasteiger partial charge in [-0.15, -0.1) is 0 Å². The van der Waals surface area contributed by atoms with E-state index in [1.54, 1.807) is 7.11 Å². The topological polar surface area (TPSA) is 54.3 Å². The van der Waals surface area contributed by atoms with Crippen LogP contribution in [0.4, 0.5) is 0 Å². The van der Waals surface area contributed by atoms with E-state index in [0.29, 0.717) is 19.8 Å². The number of methoxy groups -OCH3 is 1. The summed E-state index contributed by atoms with van der Waals surface area (Å²) < 4.78 is 10.3. The predicted molar refractivity (Wildman–Crippen MR) is 68.3 cm³/mol. The molecule has 0 spiro atoms. The molecule has 0 saturated carbocycles. The Morgan fingerprint density at radius 1 is 1.50 bits per heavy atom. The van der Waals surface area contributed by atoms with E-state index in [-0.39, 0.29) is 5.41 Å². The highest BCUT2D eigenvalue weighted by atomic mass is 16.5. The lowest BCUT2D eigenvalue weighted by molar-refractivity contribution is -0.0755. The molecule has 4 heteroatoms. The third-order valence-corrected chi connectivity index (χ3v) is 3.25. The first-order valence-electron chi connectivity index (χ1n) is 6.02. The Bertz CT molecular complexity index is 461. The van der Waals surface area contributed by atoms with Crippen molar-refractivity contribution in [2.24, 2.45) is 5.41 Å². The molecule has 0 radical (unpaired) electrons. The number of nitrogens with one attached hydrogen (secondary N) is 1. The summed E-state index contributed by atoms with van der Waals surface area (Å²) in [6.45, 7) is 4.54. The summed E-state index contributed by atoms with van der Waals surface area (Å²) in [7, 11) is 1.67. The Morgan fingerprint density at radius 2 is 2.28 bits per heavy atom. The normalized spacial score (nSPS) is 16.7. The van der Waals surface area contributed by atoms with Crippen molar-refractivity contribution < 1.29 is 9.47 Å². The minimum atomic E-state index is -0.318. The summed E-state index contributed by atoms with van der Waals surface area (Å²) in [6, 6.07) is 8.43. The maximum atomic E-state index is 9.06. The van der Waals surface area contributed by atoms with Gasteiger partial charge in [0.25, 0.3) is 0 Å². The molecule has 1 saturated heterocycles. The van der Waals surface area contributed by atoms with Crippen LogP contribution in [0.3, 0.4) is 0 Å². The Hall–Kier alpha value is -1.57. The third-order valence-electron chi connectivity index (χ3n) is 3.25. The SMILES string of the molecule is COc1ccc(CNCC2(C#N)COC2)cc1C. The maximum Gasteiger partial charge on any atom is 0.121 e. The summed E-state index contributed by atoms with van der Waals surface area (Å²) >= 11 is 0. The van der Waals surface area contributed by atoms with E-state index in [2.05, 4.69) is 17.5 Å². The second kappa shape index (κ2) is 5.38. The third kappa shape index (κ3) is 2.63. The lowest BCUT2D eigenvalue weighted by Crippen LogP contribution is -2.48. The highest BCUT2D eigenvalue weighted by Crippen LogP contribution is 2.25. The van der Waals surface area contributed by atoms with Crippen molar-refractivity contribution in [3.05, 3.63) is 29.3 Å². The van der Waals surface area contributed by atoms with E-state index in [1.165, 1.54) is 5.56 Å². The van der Waals surface area contributed by atoms with Gasteiger partial charge in [0, 0.05) is 13.1 Å². The molecule has 0 unspecified atom stereocenters. The molecular formula is C14H18N2O2. The minimum absolute atomic E-state index is 0.318. The molecule has 1 aromatic carbocycles. The number of nitriles is 1. The van der Waals surface area contributed by atoms with Crippen LogP contribution in [0.25, 0.3) is 0 Å². The monoisotopic (exact) mass is 246 g/mol. The van der Waals surface area contributed by atoms with Gasteiger partial charge in [-0.1, -0.05) is 12.1 Å². The van der Waals surface area contributed by atoms with Crippen molar-refractivity contribution in [2.45, 2.75) is 13.5 Å². The quantitative estimate of drug-likeness (QED) is 0.858. The molecule has 0 bridgehead atoms. The molecule has 0 aliphatic carbocycles. The lowest BCUT2D eigenvalue weighted by atomic mass is 9.88. The van der Waals surface area contributed by atoms with Gasteiger partial charge in [0.15, 0.2) is 0 Å². The van der Waals surface area contributed by atoms with E-state index in [9.17, 15) is 0 Å². The summed E-state index contributed by atoms with van der Waals surface area (Å²) in [5.41, 5.74) is 2.00. The van der Waals surface area contributed by atoms with Crippen LogP contribution in [0.15, 0.2) is 18.2 Å². The van der Waals surface area contributed by atoms with E-state index < -0.39 is 0 Å². The first kappa shape index (κ1) is 12.9. The summed E-state index contributed by atoms with van der Waals surface area (Å²) in [5.74, 6) is 0.902. The molecule has 1 fully saturated rings. The van der Waals surface area contributed by atoms with Crippen molar-refractivity contribution in [1.29, 1.82) is 5.26 Å². The van der Waals surface area contributed by atoms with E-state index in [1.807, 2.05) is 19.1 Å². The highest BCUT2D eigenvalue weighted by Gasteiger charge is 2.38. The number of rotatable bonds is 5. The number of ether oxygens (including phenoxy) is 2. The Morgan fingerprint density at radius 3 is 2.78 bits per heavy atom. The van der Waals surface area contributed by atoms with Crippen molar-refractivity contribution in [3.8, 4) is 11.8 Å². The number of benzene rings is 1. The van der Waals surface area contributed by atoms with Gasteiger partial charge in [-0.3, -0.25) is 0 Å². The fourth-order valence-corrected chi connectivity index (χ4v) is 2.05. The number of aryl methyl sites for hydroxylation is 1. The van der Waals surface area contributed by atoms with Gasteiger partial charge >= 0.3 is 0 Å². The number of hydrogen-bond acceptors (Lipinski definition) is 4. The molecule has 96 valence electrons. The molecule has 1 aromatic rings. The van der Waals surface area contributed by atoms with E-state index in [4.69, 9.17) is 14.7 Å². The molecule has 2 rings (SSSR count). The Kier molecular flexibility index (Phi) is 3.85. The molecule has 0 amide bonds. The summed E-state index contributed by atoms with van der Waals surface area (Å²) in [4.78, 5) is 0. The minimum Gasteiger partial charge on any atom is -0.496 e. The van der Waals surface area contributed by atoms with Crippen LogP contribution < -0.4 is 10.1 Å².